The molecule has 1 aliphatic rings. The van der Waals surface area contributed by atoms with Gasteiger partial charge in [0.05, 0.1) is 43.1 Å². The van der Waals surface area contributed by atoms with Crippen molar-refractivity contribution in [1.82, 2.24) is 20.5 Å². The van der Waals surface area contributed by atoms with E-state index in [-0.39, 0.29) is 22.8 Å². The summed E-state index contributed by atoms with van der Waals surface area (Å²) in [5.74, 6) is 1.97. The van der Waals surface area contributed by atoms with E-state index in [1.54, 1.807) is 60.8 Å². The van der Waals surface area contributed by atoms with Crippen LogP contribution in [-0.4, -0.2) is 89.5 Å². The Balaban J connectivity index is 1.13. The summed E-state index contributed by atoms with van der Waals surface area (Å²) in [5, 5.41) is 16.9. The van der Waals surface area contributed by atoms with Gasteiger partial charge in [-0.1, -0.05) is 45.0 Å². The van der Waals surface area contributed by atoms with Gasteiger partial charge in [-0.25, -0.2) is 18.2 Å². The molecule has 1 aliphatic heterocycles. The lowest BCUT2D eigenvalue weighted by Gasteiger charge is -2.33. The molecule has 3 amide bonds. The molecule has 0 saturated carbocycles. The van der Waals surface area contributed by atoms with E-state index in [4.69, 9.17) is 14.2 Å². The van der Waals surface area contributed by atoms with Crippen LogP contribution in [0.2, 0.25) is 0 Å². The molecule has 60 heavy (non-hydrogen) atoms. The van der Waals surface area contributed by atoms with Crippen LogP contribution in [0.1, 0.15) is 50.0 Å². The van der Waals surface area contributed by atoms with Crippen LogP contribution in [0.3, 0.4) is 0 Å². The van der Waals surface area contributed by atoms with Gasteiger partial charge in [-0.2, -0.15) is 0 Å². The van der Waals surface area contributed by atoms with Crippen molar-refractivity contribution in [2.45, 2.75) is 45.6 Å². The third-order valence-corrected chi connectivity index (χ3v) is 10.6. The summed E-state index contributed by atoms with van der Waals surface area (Å²) in [6, 6.07) is 23.2. The molecule has 4 aromatic carbocycles. The Hall–Kier alpha value is -6.10. The fourth-order valence-corrected chi connectivity index (χ4v) is 7.52. The zero-order valence-corrected chi connectivity index (χ0v) is 35.9. The molecule has 318 valence electrons. The van der Waals surface area contributed by atoms with Crippen LogP contribution in [0.25, 0.3) is 10.8 Å². The van der Waals surface area contributed by atoms with Crippen molar-refractivity contribution in [2.24, 2.45) is 0 Å². The summed E-state index contributed by atoms with van der Waals surface area (Å²) < 4.78 is 44.4. The second-order valence-electron chi connectivity index (χ2n) is 15.7. The molecule has 0 aliphatic carbocycles. The Bertz CT molecular complexity index is 2460. The van der Waals surface area contributed by atoms with Crippen LogP contribution in [0.15, 0.2) is 85.1 Å². The number of aromatic nitrogens is 1. The first kappa shape index (κ1) is 43.5. The Morgan fingerprint density at radius 2 is 1.65 bits per heavy atom. The number of carbonyl (C=O) groups is 2. The summed E-state index contributed by atoms with van der Waals surface area (Å²) in [7, 11) is -0.703. The summed E-state index contributed by atoms with van der Waals surface area (Å²) in [5.41, 5.74) is 2.55. The van der Waals surface area contributed by atoms with Crippen LogP contribution >= 0.6 is 0 Å². The highest BCUT2D eigenvalue weighted by molar-refractivity contribution is 7.92. The minimum Gasteiger partial charge on any atom is -0.496 e. The molecule has 2 heterocycles. The number of sulfonamides is 1. The van der Waals surface area contributed by atoms with Crippen molar-refractivity contribution in [1.29, 1.82) is 0 Å². The first-order valence-electron chi connectivity index (χ1n) is 19.7. The molecule has 6 N–H and O–H groups in total. The lowest BCUT2D eigenvalue weighted by Crippen LogP contribution is -2.50. The minimum absolute atomic E-state index is 0.171. The fraction of sp³-hybridized carbons (Fsp3) is 0.341. The molecule has 16 heteroatoms. The lowest BCUT2D eigenvalue weighted by atomic mass is 9.86. The number of pyridine rings is 1. The summed E-state index contributed by atoms with van der Waals surface area (Å²) in [4.78, 5) is 33.5. The molecule has 0 spiro atoms. The average molecular weight is 839 g/mol. The number of hydrogen-bond donors (Lipinski definition) is 6. The third kappa shape index (κ3) is 11.1. The van der Waals surface area contributed by atoms with Gasteiger partial charge in [0.1, 0.15) is 23.1 Å². The molecule has 1 saturated heterocycles. The number of amides is 3. The molecular formula is C44H54N8O7S. The van der Waals surface area contributed by atoms with Crippen molar-refractivity contribution in [2.75, 3.05) is 73.9 Å². The number of urea groups is 1. The standard InChI is InChI=1S/C44H54N8O7S/c1-28-27-45-20-22-52(28)21-10-18-47-42(53)34-14-13-30(25-39(34)57-5)48-40-26-31(17-19-46-40)59-38-16-15-35(32-11-8-9-12-33(32)38)49-43(54)50-36-23-29(44(2,3)4)24-37(41(36)58-6)51-60(7,55)56/h8-9,11-17,19,23-26,28,45,51H,10,18,20-22,27H2,1-7H3,(H,46,48)(H,47,53)(H2,49,50,54). The number of piperazine rings is 1. The van der Waals surface area contributed by atoms with E-state index in [1.807, 2.05) is 45.0 Å². The topological polar surface area (TPSA) is 184 Å². The molecule has 1 fully saturated rings. The second kappa shape index (κ2) is 18.9. The van der Waals surface area contributed by atoms with E-state index >= 15 is 0 Å². The molecule has 0 bridgehead atoms. The number of anilines is 5. The zero-order valence-electron chi connectivity index (χ0n) is 35.1. The highest BCUT2D eigenvalue weighted by Gasteiger charge is 2.23. The maximum Gasteiger partial charge on any atom is 0.323 e. The van der Waals surface area contributed by atoms with Gasteiger partial charge in [0.15, 0.2) is 5.75 Å². The first-order valence-corrected chi connectivity index (χ1v) is 21.6. The maximum absolute atomic E-state index is 13.5. The molecule has 6 rings (SSSR count). The van der Waals surface area contributed by atoms with Crippen LogP contribution in [-0.2, 0) is 15.4 Å². The first-order chi connectivity index (χ1) is 28.6. The molecule has 1 unspecified atom stereocenters. The van der Waals surface area contributed by atoms with Gasteiger partial charge < -0.3 is 40.8 Å². The predicted molar refractivity (Wildman–Crippen MR) is 238 cm³/mol. The highest BCUT2D eigenvalue weighted by Crippen LogP contribution is 2.40. The lowest BCUT2D eigenvalue weighted by molar-refractivity contribution is 0.0946. The number of rotatable bonds is 15. The Labute approximate surface area is 351 Å². The second-order valence-corrected chi connectivity index (χ2v) is 17.4. The average Bonchev–Trinajstić information content (AvgIpc) is 3.20. The van der Waals surface area contributed by atoms with Crippen molar-refractivity contribution < 1.29 is 32.2 Å². The van der Waals surface area contributed by atoms with Gasteiger partial charge >= 0.3 is 6.03 Å². The monoisotopic (exact) mass is 838 g/mol. The SMILES string of the molecule is COc1cc(Nc2cc(Oc3ccc(NC(=O)Nc4cc(C(C)(C)C)cc(NS(C)(=O)=O)c4OC)c4ccccc34)ccn2)ccc1C(=O)NCCCN1CCNCC1C. The van der Waals surface area contributed by atoms with Gasteiger partial charge in [0, 0.05) is 73.6 Å². The maximum atomic E-state index is 13.5. The molecule has 1 aromatic heterocycles. The normalized spacial score (nSPS) is 14.6. The van der Waals surface area contributed by atoms with Gasteiger partial charge in [-0.15, -0.1) is 0 Å². The summed E-state index contributed by atoms with van der Waals surface area (Å²) >= 11 is 0. The number of methoxy groups -OCH3 is 2. The summed E-state index contributed by atoms with van der Waals surface area (Å²) in [6.45, 7) is 12.6. The number of hydrogen-bond acceptors (Lipinski definition) is 11. The Morgan fingerprint density at radius 1 is 0.900 bits per heavy atom. The van der Waals surface area contributed by atoms with Crippen LogP contribution in [0, 0.1) is 0 Å². The Kier molecular flexibility index (Phi) is 13.7. The molecule has 1 atom stereocenters. The van der Waals surface area contributed by atoms with E-state index in [9.17, 15) is 18.0 Å². The van der Waals surface area contributed by atoms with Crippen LogP contribution in [0.5, 0.6) is 23.0 Å². The quantitative estimate of drug-likeness (QED) is 0.0574. The molecule has 5 aromatic rings. The molecular weight excluding hydrogens is 785 g/mol. The smallest absolute Gasteiger partial charge is 0.323 e. The number of nitrogens with one attached hydrogen (secondary N) is 6. The van der Waals surface area contributed by atoms with E-state index in [0.29, 0.717) is 58.3 Å². The number of ether oxygens (including phenoxy) is 3. The Morgan fingerprint density at radius 3 is 2.37 bits per heavy atom. The zero-order chi connectivity index (χ0) is 43.0. The molecule has 0 radical (unpaired) electrons. The predicted octanol–water partition coefficient (Wildman–Crippen LogP) is 7.51. The van der Waals surface area contributed by atoms with Crippen molar-refractivity contribution in [3.8, 4) is 23.0 Å². The van der Waals surface area contributed by atoms with Gasteiger partial charge in [0.2, 0.25) is 10.0 Å². The number of carbonyl (C=O) groups excluding carboxylic acids is 2. The van der Waals surface area contributed by atoms with Gasteiger partial charge in [-0.3, -0.25) is 14.4 Å². The van der Waals surface area contributed by atoms with Crippen LogP contribution in [0.4, 0.5) is 33.4 Å². The fourth-order valence-electron chi connectivity index (χ4n) is 6.96. The van der Waals surface area contributed by atoms with Crippen molar-refractivity contribution >= 4 is 61.3 Å². The number of fused-ring (bicyclic) bond motifs is 1. The minimum atomic E-state index is -3.64. The molecule has 15 nitrogen and oxygen atoms in total. The van der Waals surface area contributed by atoms with Crippen molar-refractivity contribution in [3.05, 3.63) is 96.2 Å². The van der Waals surface area contributed by atoms with Gasteiger partial charge in [-0.05, 0) is 66.8 Å². The van der Waals surface area contributed by atoms with E-state index < -0.39 is 16.1 Å². The largest absolute Gasteiger partial charge is 0.496 e. The van der Waals surface area contributed by atoms with E-state index in [0.717, 1.165) is 55.2 Å². The van der Waals surface area contributed by atoms with Gasteiger partial charge in [0.25, 0.3) is 5.91 Å². The van der Waals surface area contributed by atoms with Crippen molar-refractivity contribution in [3.63, 3.8) is 0 Å². The van der Waals surface area contributed by atoms with E-state index in [1.165, 1.54) is 14.2 Å². The van der Waals surface area contributed by atoms with Crippen LogP contribution < -0.4 is 45.5 Å². The van der Waals surface area contributed by atoms with E-state index in [2.05, 4.69) is 48.1 Å². The number of nitrogens with zero attached hydrogens (tertiary/aromatic N) is 2. The highest BCUT2D eigenvalue weighted by atomic mass is 32.2. The number of benzene rings is 4. The summed E-state index contributed by atoms with van der Waals surface area (Å²) in [6.07, 6.45) is 3.54. The third-order valence-electron chi connectivity index (χ3n) is 10.1.